The number of aliphatic hydroxyl groups is 1. The predicted octanol–water partition coefficient (Wildman–Crippen LogP) is 3.71. The molecule has 1 aromatic rings. The molecule has 2 saturated heterocycles. The molecule has 3 fully saturated rings. The number of benzene rings is 1. The van der Waals surface area contributed by atoms with Crippen molar-refractivity contribution in [1.29, 1.82) is 0 Å². The smallest absolute Gasteiger partial charge is 0.311 e. The van der Waals surface area contributed by atoms with Gasteiger partial charge in [0.05, 0.1) is 12.0 Å². The summed E-state index contributed by atoms with van der Waals surface area (Å²) < 4.78 is 5.86. The number of esters is 1. The zero-order valence-electron chi connectivity index (χ0n) is 20.0. The third kappa shape index (κ3) is 3.49. The molecule has 0 radical (unpaired) electrons. The van der Waals surface area contributed by atoms with E-state index < -0.39 is 6.10 Å². The van der Waals surface area contributed by atoms with Crippen LogP contribution in [-0.2, 0) is 9.53 Å². The van der Waals surface area contributed by atoms with E-state index in [4.69, 9.17) is 4.74 Å². The number of fused-ring (bicyclic) bond motifs is 2. The van der Waals surface area contributed by atoms with Gasteiger partial charge in [-0.15, -0.1) is 0 Å². The van der Waals surface area contributed by atoms with Crippen LogP contribution in [-0.4, -0.2) is 60.9 Å². The van der Waals surface area contributed by atoms with Crippen LogP contribution in [0.1, 0.15) is 44.2 Å². The summed E-state index contributed by atoms with van der Waals surface area (Å²) in [5, 5.41) is 11.6. The highest BCUT2D eigenvalue weighted by molar-refractivity contribution is 5.76. The maximum absolute atomic E-state index is 12.9. The molecule has 5 nitrogen and oxygen atoms in total. The maximum Gasteiger partial charge on any atom is 0.311 e. The molecule has 1 saturated carbocycles. The fourth-order valence-corrected chi connectivity index (χ4v) is 6.88. The van der Waals surface area contributed by atoms with E-state index in [1.54, 1.807) is 0 Å². The van der Waals surface area contributed by atoms with Crippen molar-refractivity contribution in [3.05, 3.63) is 41.0 Å². The number of anilines is 1. The molecular weight excluding hydrogens is 400 g/mol. The number of carbonyl (C=O) groups is 1. The van der Waals surface area contributed by atoms with Gasteiger partial charge in [0.1, 0.15) is 6.10 Å². The summed E-state index contributed by atoms with van der Waals surface area (Å²) in [6.45, 7) is 13.3. The standard InChI is InChI=1S/C27H38N2O3/c1-17-8-9-22(18(2)14-17)29-12-10-28(11-13-29)16-21-24-23(32-26(21)31)15-20-7-5-6-19(3)27(20,4)25(24)30/h7-9,14,19,21,23-25,30H,5-6,10-13,15-16H2,1-4H3/t19-,21+,23+,24-,25+,27+/m0/s1. The molecule has 32 heavy (non-hydrogen) atoms. The first-order valence-corrected chi connectivity index (χ1v) is 12.4. The van der Waals surface area contributed by atoms with Gasteiger partial charge in [0.15, 0.2) is 0 Å². The lowest BCUT2D eigenvalue weighted by molar-refractivity contribution is -0.145. The average Bonchev–Trinajstić information content (AvgIpc) is 3.06. The van der Waals surface area contributed by atoms with Crippen LogP contribution in [0.3, 0.4) is 0 Å². The van der Waals surface area contributed by atoms with E-state index in [-0.39, 0.29) is 29.3 Å². The molecular formula is C27H38N2O3. The molecule has 174 valence electrons. The number of aliphatic hydroxyl groups excluding tert-OH is 1. The van der Waals surface area contributed by atoms with E-state index >= 15 is 0 Å². The number of piperazine rings is 1. The van der Waals surface area contributed by atoms with Gasteiger partial charge < -0.3 is 14.7 Å². The van der Waals surface area contributed by atoms with Crippen LogP contribution < -0.4 is 4.90 Å². The number of hydrogen-bond acceptors (Lipinski definition) is 5. The van der Waals surface area contributed by atoms with E-state index in [1.807, 2.05) is 0 Å². The van der Waals surface area contributed by atoms with Crippen LogP contribution in [0.25, 0.3) is 0 Å². The second-order valence-corrected chi connectivity index (χ2v) is 10.9. The van der Waals surface area contributed by atoms with Crippen LogP contribution in [0.2, 0.25) is 0 Å². The molecule has 4 aliphatic rings. The Labute approximate surface area is 192 Å². The first-order chi connectivity index (χ1) is 15.3. The zero-order valence-corrected chi connectivity index (χ0v) is 20.0. The van der Waals surface area contributed by atoms with Crippen molar-refractivity contribution in [2.75, 3.05) is 37.6 Å². The van der Waals surface area contributed by atoms with E-state index in [0.717, 1.165) is 45.4 Å². The molecule has 2 aliphatic carbocycles. The molecule has 0 aromatic heterocycles. The van der Waals surface area contributed by atoms with Crippen molar-refractivity contribution in [3.8, 4) is 0 Å². The largest absolute Gasteiger partial charge is 0.461 e. The molecule has 1 aromatic carbocycles. The third-order valence-corrected chi connectivity index (χ3v) is 9.09. The predicted molar refractivity (Wildman–Crippen MR) is 127 cm³/mol. The van der Waals surface area contributed by atoms with Gasteiger partial charge in [-0.1, -0.05) is 43.2 Å². The minimum atomic E-state index is -0.518. The van der Waals surface area contributed by atoms with E-state index in [0.29, 0.717) is 12.5 Å². The second-order valence-electron chi connectivity index (χ2n) is 10.9. The second kappa shape index (κ2) is 8.18. The van der Waals surface area contributed by atoms with Gasteiger partial charge in [-0.25, -0.2) is 0 Å². The minimum Gasteiger partial charge on any atom is -0.461 e. The Hall–Kier alpha value is -1.85. The van der Waals surface area contributed by atoms with Gasteiger partial charge in [-0.05, 0) is 44.2 Å². The van der Waals surface area contributed by atoms with Crippen molar-refractivity contribution in [3.63, 3.8) is 0 Å². The fraction of sp³-hybridized carbons (Fsp3) is 0.667. The minimum absolute atomic E-state index is 0.0948. The number of hydrogen-bond donors (Lipinski definition) is 1. The van der Waals surface area contributed by atoms with Gasteiger partial charge in [-0.2, -0.15) is 0 Å². The topological polar surface area (TPSA) is 53.0 Å². The van der Waals surface area contributed by atoms with Crippen LogP contribution in [0.5, 0.6) is 0 Å². The van der Waals surface area contributed by atoms with Crippen molar-refractivity contribution < 1.29 is 14.6 Å². The average molecular weight is 439 g/mol. The number of allylic oxidation sites excluding steroid dienone is 1. The lowest BCUT2D eigenvalue weighted by Crippen LogP contribution is -2.55. The molecule has 2 heterocycles. The summed E-state index contributed by atoms with van der Waals surface area (Å²) in [4.78, 5) is 17.8. The van der Waals surface area contributed by atoms with Gasteiger partial charge in [0.2, 0.25) is 0 Å². The van der Waals surface area contributed by atoms with E-state index in [2.05, 4.69) is 61.8 Å². The quantitative estimate of drug-likeness (QED) is 0.576. The van der Waals surface area contributed by atoms with E-state index in [9.17, 15) is 9.90 Å². The van der Waals surface area contributed by atoms with E-state index in [1.165, 1.54) is 22.4 Å². The summed E-state index contributed by atoms with van der Waals surface area (Å²) in [6, 6.07) is 6.66. The molecule has 1 N–H and O–H groups in total. The third-order valence-electron chi connectivity index (χ3n) is 9.09. The highest BCUT2D eigenvalue weighted by Crippen LogP contribution is 2.56. The monoisotopic (exact) mass is 438 g/mol. The number of nitrogens with zero attached hydrogens (tertiary/aromatic N) is 2. The summed E-state index contributed by atoms with van der Waals surface area (Å²) in [5.74, 6) is 0.000175. The SMILES string of the molecule is Cc1ccc(N2CCN(C[C@H]3C(=O)O[C@@H]4CC5=CCC[C@H](C)[C@@]5(C)[C@H](O)[C@H]43)CC2)c(C)c1. The molecule has 0 unspecified atom stereocenters. The zero-order chi connectivity index (χ0) is 22.6. The lowest BCUT2D eigenvalue weighted by Gasteiger charge is -2.52. The van der Waals surface area contributed by atoms with Crippen LogP contribution in [0, 0.1) is 37.0 Å². The van der Waals surface area contributed by atoms with Gasteiger partial charge in [-0.3, -0.25) is 9.69 Å². The van der Waals surface area contributed by atoms with Gasteiger partial charge in [0, 0.05) is 56.2 Å². The van der Waals surface area contributed by atoms with Crippen LogP contribution in [0.4, 0.5) is 5.69 Å². The summed E-state index contributed by atoms with van der Waals surface area (Å²) in [5.41, 5.74) is 5.01. The highest BCUT2D eigenvalue weighted by Gasteiger charge is 2.59. The number of carbonyl (C=O) groups excluding carboxylic acids is 1. The van der Waals surface area contributed by atoms with Crippen molar-refractivity contribution >= 4 is 11.7 Å². The van der Waals surface area contributed by atoms with Crippen LogP contribution >= 0.6 is 0 Å². The Bertz CT molecular complexity index is 919. The van der Waals surface area contributed by atoms with Crippen LogP contribution in [0.15, 0.2) is 29.8 Å². The molecule has 6 atom stereocenters. The fourth-order valence-electron chi connectivity index (χ4n) is 6.88. The summed E-state index contributed by atoms with van der Waals surface area (Å²) in [6.07, 6.45) is 4.59. The molecule has 0 amide bonds. The molecule has 0 bridgehead atoms. The summed E-state index contributed by atoms with van der Waals surface area (Å²) >= 11 is 0. The molecule has 5 rings (SSSR count). The Balaban J connectivity index is 1.27. The number of ether oxygens (including phenoxy) is 1. The highest BCUT2D eigenvalue weighted by atomic mass is 16.6. The Kier molecular flexibility index (Phi) is 5.61. The first-order valence-electron chi connectivity index (χ1n) is 12.4. The normalized spacial score (nSPS) is 37.5. The van der Waals surface area contributed by atoms with Gasteiger partial charge in [0.25, 0.3) is 0 Å². The molecule has 0 spiro atoms. The Morgan fingerprint density at radius 3 is 2.66 bits per heavy atom. The lowest BCUT2D eigenvalue weighted by atomic mass is 9.55. The van der Waals surface area contributed by atoms with Gasteiger partial charge >= 0.3 is 5.97 Å². The number of rotatable bonds is 3. The Morgan fingerprint density at radius 1 is 1.19 bits per heavy atom. The van der Waals surface area contributed by atoms with Crippen molar-refractivity contribution in [2.24, 2.45) is 23.2 Å². The molecule has 2 aliphatic heterocycles. The molecule has 5 heteroatoms. The number of aryl methyl sites for hydroxylation is 2. The maximum atomic E-state index is 12.9. The summed E-state index contributed by atoms with van der Waals surface area (Å²) in [7, 11) is 0. The Morgan fingerprint density at radius 2 is 1.94 bits per heavy atom. The van der Waals surface area contributed by atoms with Crippen molar-refractivity contribution in [1.82, 2.24) is 4.90 Å². The van der Waals surface area contributed by atoms with Crippen molar-refractivity contribution in [2.45, 2.75) is 59.2 Å². The first kappa shape index (κ1) is 22.0.